The van der Waals surface area contributed by atoms with Gasteiger partial charge in [0.2, 0.25) is 5.91 Å². The van der Waals surface area contributed by atoms with E-state index in [9.17, 15) is 4.79 Å². The van der Waals surface area contributed by atoms with E-state index in [1.54, 1.807) is 11.3 Å². The first-order chi connectivity index (χ1) is 8.50. The van der Waals surface area contributed by atoms with Crippen molar-refractivity contribution in [1.82, 2.24) is 4.90 Å². The van der Waals surface area contributed by atoms with Crippen molar-refractivity contribution in [3.63, 3.8) is 0 Å². The van der Waals surface area contributed by atoms with Crippen LogP contribution >= 0.6 is 11.3 Å². The number of amides is 1. The molecule has 0 aliphatic rings. The second kappa shape index (κ2) is 7.54. The maximum absolute atomic E-state index is 12.1. The molecule has 18 heavy (non-hydrogen) atoms. The van der Waals surface area contributed by atoms with Crippen molar-refractivity contribution in [2.24, 2.45) is 11.7 Å². The maximum atomic E-state index is 12.1. The lowest BCUT2D eigenvalue weighted by molar-refractivity contribution is -0.134. The van der Waals surface area contributed by atoms with Crippen LogP contribution in [-0.4, -0.2) is 23.9 Å². The van der Waals surface area contributed by atoms with E-state index in [4.69, 9.17) is 5.73 Å². The molecular weight excluding hydrogens is 244 g/mol. The molecule has 0 saturated carbocycles. The van der Waals surface area contributed by atoms with Gasteiger partial charge < -0.3 is 10.6 Å². The molecule has 4 heteroatoms. The van der Waals surface area contributed by atoms with Crippen molar-refractivity contribution < 1.29 is 4.79 Å². The first-order valence-corrected chi connectivity index (χ1v) is 7.41. The largest absolute Gasteiger partial charge is 0.340 e. The van der Waals surface area contributed by atoms with Gasteiger partial charge in [0.1, 0.15) is 0 Å². The zero-order valence-electron chi connectivity index (χ0n) is 11.6. The summed E-state index contributed by atoms with van der Waals surface area (Å²) in [6.45, 7) is 4.73. The monoisotopic (exact) mass is 268 g/mol. The van der Waals surface area contributed by atoms with E-state index in [-0.39, 0.29) is 17.9 Å². The average Bonchev–Trinajstić information content (AvgIpc) is 2.80. The Kier molecular flexibility index (Phi) is 6.36. The molecule has 0 saturated heterocycles. The van der Waals surface area contributed by atoms with Gasteiger partial charge in [0.05, 0.1) is 6.54 Å². The molecule has 1 rings (SSSR count). The molecular formula is C14H24N2OS. The van der Waals surface area contributed by atoms with Crippen LogP contribution < -0.4 is 5.73 Å². The molecule has 2 atom stereocenters. The van der Waals surface area contributed by atoms with E-state index < -0.39 is 0 Å². The quantitative estimate of drug-likeness (QED) is 0.826. The number of carbonyl (C=O) groups excluding carboxylic acids is 1. The molecule has 0 aliphatic heterocycles. The third-order valence-corrected chi connectivity index (χ3v) is 3.93. The van der Waals surface area contributed by atoms with Crippen LogP contribution in [0.2, 0.25) is 0 Å². The van der Waals surface area contributed by atoms with Gasteiger partial charge in [0, 0.05) is 23.9 Å². The van der Waals surface area contributed by atoms with E-state index in [1.165, 1.54) is 4.88 Å². The summed E-state index contributed by atoms with van der Waals surface area (Å²) in [6.07, 6.45) is 2.94. The van der Waals surface area contributed by atoms with Gasteiger partial charge >= 0.3 is 0 Å². The van der Waals surface area contributed by atoms with Gasteiger partial charge in [0.15, 0.2) is 0 Å². The van der Waals surface area contributed by atoms with Crippen LogP contribution in [0.25, 0.3) is 0 Å². The van der Waals surface area contributed by atoms with Gasteiger partial charge in [-0.25, -0.2) is 0 Å². The highest BCUT2D eigenvalue weighted by atomic mass is 32.1. The lowest BCUT2D eigenvalue weighted by atomic mass is 10.0. The zero-order valence-corrected chi connectivity index (χ0v) is 12.4. The summed E-state index contributed by atoms with van der Waals surface area (Å²) >= 11 is 1.69. The lowest BCUT2D eigenvalue weighted by Crippen LogP contribution is -2.31. The van der Waals surface area contributed by atoms with Gasteiger partial charge in [-0.2, -0.15) is 0 Å². The summed E-state index contributed by atoms with van der Waals surface area (Å²) in [5.74, 6) is 0.321. The minimum atomic E-state index is 0.0914. The number of nitrogens with two attached hydrogens (primary N) is 1. The number of rotatable bonds is 7. The number of thiophene rings is 1. The Morgan fingerprint density at radius 3 is 2.72 bits per heavy atom. The number of hydrogen-bond donors (Lipinski definition) is 1. The Hall–Kier alpha value is -0.870. The normalized spacial score (nSPS) is 14.2. The van der Waals surface area contributed by atoms with E-state index in [1.807, 2.05) is 37.2 Å². The Bertz CT molecular complexity index is 349. The molecule has 0 spiro atoms. The van der Waals surface area contributed by atoms with Crippen LogP contribution in [0.15, 0.2) is 17.5 Å². The molecule has 3 nitrogen and oxygen atoms in total. The van der Waals surface area contributed by atoms with Crippen molar-refractivity contribution >= 4 is 17.2 Å². The lowest BCUT2D eigenvalue weighted by Gasteiger charge is -2.21. The third-order valence-electron chi connectivity index (χ3n) is 3.07. The first-order valence-electron chi connectivity index (χ1n) is 6.53. The minimum absolute atomic E-state index is 0.0914. The predicted molar refractivity (Wildman–Crippen MR) is 77.5 cm³/mol. The zero-order chi connectivity index (χ0) is 13.5. The molecule has 102 valence electrons. The topological polar surface area (TPSA) is 46.3 Å². The molecule has 0 aliphatic carbocycles. The number of hydrogen-bond acceptors (Lipinski definition) is 3. The highest BCUT2D eigenvalue weighted by molar-refractivity contribution is 7.09. The Morgan fingerprint density at radius 1 is 1.44 bits per heavy atom. The summed E-state index contributed by atoms with van der Waals surface area (Å²) in [5.41, 5.74) is 5.71. The van der Waals surface area contributed by atoms with Crippen LogP contribution in [0.3, 0.4) is 0 Å². The molecule has 0 bridgehead atoms. The molecule has 0 radical (unpaired) electrons. The highest BCUT2D eigenvalue weighted by Crippen LogP contribution is 2.15. The standard InChI is InChI=1S/C14H24N2OS/c1-11(6-4-7-12(2)15)14(17)16(3)10-13-8-5-9-18-13/h5,8-9,11-12H,4,6-7,10,15H2,1-3H3. The molecule has 0 aromatic carbocycles. The minimum Gasteiger partial charge on any atom is -0.340 e. The van der Waals surface area contributed by atoms with Crippen LogP contribution in [0.5, 0.6) is 0 Å². The van der Waals surface area contributed by atoms with Crippen molar-refractivity contribution in [1.29, 1.82) is 0 Å². The van der Waals surface area contributed by atoms with Crippen LogP contribution in [-0.2, 0) is 11.3 Å². The van der Waals surface area contributed by atoms with Gasteiger partial charge in [-0.05, 0) is 31.2 Å². The van der Waals surface area contributed by atoms with Crippen LogP contribution in [0.4, 0.5) is 0 Å². The smallest absolute Gasteiger partial charge is 0.225 e. The number of nitrogens with zero attached hydrogens (tertiary/aromatic N) is 1. The Morgan fingerprint density at radius 2 is 2.17 bits per heavy atom. The molecule has 2 unspecified atom stereocenters. The van der Waals surface area contributed by atoms with Crippen molar-refractivity contribution in [2.45, 2.75) is 45.7 Å². The van der Waals surface area contributed by atoms with E-state index in [0.29, 0.717) is 6.54 Å². The van der Waals surface area contributed by atoms with Crippen LogP contribution in [0, 0.1) is 5.92 Å². The maximum Gasteiger partial charge on any atom is 0.225 e. The molecule has 1 aromatic heterocycles. The van der Waals surface area contributed by atoms with Crippen molar-refractivity contribution in [2.75, 3.05) is 7.05 Å². The predicted octanol–water partition coefficient (Wildman–Crippen LogP) is 2.86. The summed E-state index contributed by atoms with van der Waals surface area (Å²) in [6, 6.07) is 4.32. The van der Waals surface area contributed by atoms with Crippen molar-refractivity contribution in [3.05, 3.63) is 22.4 Å². The second-order valence-corrected chi connectivity index (χ2v) is 6.12. The van der Waals surface area contributed by atoms with Gasteiger partial charge in [-0.15, -0.1) is 11.3 Å². The fourth-order valence-electron chi connectivity index (χ4n) is 1.96. The Labute approximate surface area is 114 Å². The Balaban J connectivity index is 2.33. The van der Waals surface area contributed by atoms with E-state index in [2.05, 4.69) is 6.07 Å². The molecule has 1 amide bonds. The summed E-state index contributed by atoms with van der Waals surface area (Å²) in [7, 11) is 1.88. The fraction of sp³-hybridized carbons (Fsp3) is 0.643. The van der Waals surface area contributed by atoms with E-state index in [0.717, 1.165) is 19.3 Å². The summed E-state index contributed by atoms with van der Waals surface area (Å²) in [4.78, 5) is 15.2. The molecule has 0 fully saturated rings. The number of carbonyl (C=O) groups is 1. The SMILES string of the molecule is CC(N)CCCC(C)C(=O)N(C)Cc1cccs1. The summed E-state index contributed by atoms with van der Waals surface area (Å²) in [5, 5.41) is 2.04. The highest BCUT2D eigenvalue weighted by Gasteiger charge is 2.17. The second-order valence-electron chi connectivity index (χ2n) is 5.08. The molecule has 1 heterocycles. The molecule has 2 N–H and O–H groups in total. The van der Waals surface area contributed by atoms with Gasteiger partial charge in [-0.3, -0.25) is 4.79 Å². The third kappa shape index (κ3) is 5.19. The van der Waals surface area contributed by atoms with Crippen LogP contribution in [0.1, 0.15) is 38.0 Å². The fourth-order valence-corrected chi connectivity index (χ4v) is 2.72. The first kappa shape index (κ1) is 15.2. The summed E-state index contributed by atoms with van der Waals surface area (Å²) < 4.78 is 0. The average molecular weight is 268 g/mol. The van der Waals surface area contributed by atoms with Crippen molar-refractivity contribution in [3.8, 4) is 0 Å². The molecule has 1 aromatic rings. The van der Waals surface area contributed by atoms with Gasteiger partial charge in [0.25, 0.3) is 0 Å². The van der Waals surface area contributed by atoms with Gasteiger partial charge in [-0.1, -0.05) is 19.4 Å². The van der Waals surface area contributed by atoms with E-state index >= 15 is 0 Å².